The molecule has 1 saturated heterocycles. The Morgan fingerprint density at radius 3 is 2.45 bits per heavy atom. The number of amides is 1. The molecule has 0 bridgehead atoms. The van der Waals surface area contributed by atoms with Crippen LogP contribution in [-0.4, -0.2) is 31.3 Å². The SMILES string of the molecule is COC(=O)c1cc(C)c(N2CC(CS)CC2=O)c(C)c1. The number of aryl methyl sites for hydroxylation is 2. The van der Waals surface area contributed by atoms with Crippen molar-refractivity contribution in [2.75, 3.05) is 24.3 Å². The lowest BCUT2D eigenvalue weighted by molar-refractivity contribution is -0.117. The first kappa shape index (κ1) is 14.9. The molecule has 0 radical (unpaired) electrons. The second-order valence-corrected chi connectivity index (χ2v) is 5.57. The average Bonchev–Trinajstić information content (AvgIpc) is 2.78. The van der Waals surface area contributed by atoms with Crippen LogP contribution in [0.5, 0.6) is 0 Å². The standard InChI is InChI=1S/C15H19NO3S/c1-9-4-12(15(18)19-3)5-10(2)14(9)16-7-11(8-20)6-13(16)17/h4-5,11,20H,6-8H2,1-3H3. The van der Waals surface area contributed by atoms with E-state index in [1.807, 2.05) is 18.7 Å². The Bertz CT molecular complexity index is 533. The summed E-state index contributed by atoms with van der Waals surface area (Å²) in [6.45, 7) is 4.52. The van der Waals surface area contributed by atoms with E-state index in [1.54, 1.807) is 12.1 Å². The predicted molar refractivity (Wildman–Crippen MR) is 81.6 cm³/mol. The summed E-state index contributed by atoms with van der Waals surface area (Å²) in [4.78, 5) is 25.5. The van der Waals surface area contributed by atoms with Gasteiger partial charge in [-0.25, -0.2) is 4.79 Å². The van der Waals surface area contributed by atoms with E-state index in [2.05, 4.69) is 12.6 Å². The molecule has 1 aliphatic rings. The number of hydrogen-bond donors (Lipinski definition) is 1. The summed E-state index contributed by atoms with van der Waals surface area (Å²) in [5.74, 6) is 0.773. The lowest BCUT2D eigenvalue weighted by atomic mass is 10.0. The van der Waals surface area contributed by atoms with Crippen molar-refractivity contribution in [1.29, 1.82) is 0 Å². The number of carbonyl (C=O) groups excluding carboxylic acids is 2. The van der Waals surface area contributed by atoms with E-state index in [1.165, 1.54) is 7.11 Å². The minimum atomic E-state index is -0.358. The second kappa shape index (κ2) is 5.87. The van der Waals surface area contributed by atoms with Gasteiger partial charge >= 0.3 is 5.97 Å². The summed E-state index contributed by atoms with van der Waals surface area (Å²) < 4.78 is 4.74. The van der Waals surface area contributed by atoms with Crippen LogP contribution in [-0.2, 0) is 9.53 Å². The summed E-state index contributed by atoms with van der Waals surface area (Å²) in [5.41, 5.74) is 3.26. The number of benzene rings is 1. The van der Waals surface area contributed by atoms with Crippen LogP contribution in [0.3, 0.4) is 0 Å². The number of anilines is 1. The number of rotatable bonds is 3. The van der Waals surface area contributed by atoms with Gasteiger partial charge in [-0.15, -0.1) is 0 Å². The van der Waals surface area contributed by atoms with E-state index in [0.29, 0.717) is 30.2 Å². The zero-order valence-electron chi connectivity index (χ0n) is 12.0. The molecule has 2 rings (SSSR count). The molecule has 20 heavy (non-hydrogen) atoms. The van der Waals surface area contributed by atoms with E-state index < -0.39 is 0 Å². The average molecular weight is 293 g/mol. The first-order chi connectivity index (χ1) is 9.47. The summed E-state index contributed by atoms with van der Waals surface area (Å²) >= 11 is 4.28. The van der Waals surface area contributed by atoms with Gasteiger partial charge in [0.2, 0.25) is 5.91 Å². The van der Waals surface area contributed by atoms with Gasteiger partial charge in [0.15, 0.2) is 0 Å². The molecule has 1 amide bonds. The highest BCUT2D eigenvalue weighted by Crippen LogP contribution is 2.32. The molecule has 1 aliphatic heterocycles. The molecular weight excluding hydrogens is 274 g/mol. The Morgan fingerprint density at radius 1 is 1.40 bits per heavy atom. The van der Waals surface area contributed by atoms with Gasteiger partial charge in [-0.2, -0.15) is 12.6 Å². The van der Waals surface area contributed by atoms with Crippen LogP contribution in [0.4, 0.5) is 5.69 Å². The van der Waals surface area contributed by atoms with E-state index >= 15 is 0 Å². The van der Waals surface area contributed by atoms with Crippen molar-refractivity contribution in [3.05, 3.63) is 28.8 Å². The highest BCUT2D eigenvalue weighted by molar-refractivity contribution is 7.80. The van der Waals surface area contributed by atoms with Gasteiger partial charge in [0.25, 0.3) is 0 Å². The number of nitrogens with zero attached hydrogens (tertiary/aromatic N) is 1. The van der Waals surface area contributed by atoms with Crippen LogP contribution < -0.4 is 4.90 Å². The maximum absolute atomic E-state index is 12.1. The van der Waals surface area contributed by atoms with Gasteiger partial charge in [0, 0.05) is 18.7 Å². The maximum atomic E-state index is 12.1. The highest BCUT2D eigenvalue weighted by atomic mass is 32.1. The van der Waals surface area contributed by atoms with E-state index in [0.717, 1.165) is 16.8 Å². The van der Waals surface area contributed by atoms with Gasteiger partial charge in [0.05, 0.1) is 12.7 Å². The summed E-state index contributed by atoms with van der Waals surface area (Å²) in [7, 11) is 1.36. The molecule has 1 atom stereocenters. The van der Waals surface area contributed by atoms with Crippen LogP contribution in [0.1, 0.15) is 27.9 Å². The third-order valence-electron chi connectivity index (χ3n) is 3.65. The van der Waals surface area contributed by atoms with Crippen molar-refractivity contribution < 1.29 is 14.3 Å². The minimum absolute atomic E-state index is 0.126. The predicted octanol–water partition coefficient (Wildman–Crippen LogP) is 2.37. The smallest absolute Gasteiger partial charge is 0.337 e. The molecule has 0 saturated carbocycles. The van der Waals surface area contributed by atoms with Crippen molar-refractivity contribution in [3.63, 3.8) is 0 Å². The molecule has 1 fully saturated rings. The normalized spacial score (nSPS) is 18.5. The molecule has 1 heterocycles. The molecular formula is C15H19NO3S. The van der Waals surface area contributed by atoms with Crippen LogP contribution in [0.2, 0.25) is 0 Å². The molecule has 108 valence electrons. The van der Waals surface area contributed by atoms with Crippen molar-refractivity contribution in [2.24, 2.45) is 5.92 Å². The molecule has 4 nitrogen and oxygen atoms in total. The zero-order chi connectivity index (χ0) is 14.9. The van der Waals surface area contributed by atoms with Crippen molar-refractivity contribution in [1.82, 2.24) is 0 Å². The molecule has 0 N–H and O–H groups in total. The van der Waals surface area contributed by atoms with Crippen LogP contribution >= 0.6 is 12.6 Å². The number of methoxy groups -OCH3 is 1. The minimum Gasteiger partial charge on any atom is -0.465 e. The third-order valence-corrected chi connectivity index (χ3v) is 4.16. The fourth-order valence-electron chi connectivity index (χ4n) is 2.74. The Labute approximate surface area is 124 Å². The molecule has 1 unspecified atom stereocenters. The fraction of sp³-hybridized carbons (Fsp3) is 0.467. The first-order valence-electron chi connectivity index (χ1n) is 6.58. The highest BCUT2D eigenvalue weighted by Gasteiger charge is 2.31. The fourth-order valence-corrected chi connectivity index (χ4v) is 2.98. The Balaban J connectivity index is 2.38. The molecule has 1 aromatic rings. The summed E-state index contributed by atoms with van der Waals surface area (Å²) in [6, 6.07) is 3.55. The number of thiol groups is 1. The third kappa shape index (κ3) is 2.68. The van der Waals surface area contributed by atoms with Crippen molar-refractivity contribution >= 4 is 30.2 Å². The molecule has 0 aromatic heterocycles. The van der Waals surface area contributed by atoms with Crippen LogP contribution in [0.15, 0.2) is 12.1 Å². The number of hydrogen-bond acceptors (Lipinski definition) is 4. The van der Waals surface area contributed by atoms with Gasteiger partial charge in [0.1, 0.15) is 0 Å². The van der Waals surface area contributed by atoms with E-state index in [4.69, 9.17) is 4.74 Å². The van der Waals surface area contributed by atoms with Crippen LogP contribution in [0, 0.1) is 19.8 Å². The van der Waals surface area contributed by atoms with Gasteiger partial charge in [-0.05, 0) is 48.8 Å². The molecule has 0 spiro atoms. The monoisotopic (exact) mass is 293 g/mol. The first-order valence-corrected chi connectivity index (χ1v) is 7.22. The summed E-state index contributed by atoms with van der Waals surface area (Å²) in [5, 5.41) is 0. The summed E-state index contributed by atoms with van der Waals surface area (Å²) in [6.07, 6.45) is 0.543. The lowest BCUT2D eigenvalue weighted by Crippen LogP contribution is -2.26. The number of carbonyl (C=O) groups is 2. The van der Waals surface area contributed by atoms with E-state index in [-0.39, 0.29) is 11.9 Å². The topological polar surface area (TPSA) is 46.6 Å². The quantitative estimate of drug-likeness (QED) is 0.687. The Kier molecular flexibility index (Phi) is 4.38. The van der Waals surface area contributed by atoms with Gasteiger partial charge < -0.3 is 9.64 Å². The van der Waals surface area contributed by atoms with Gasteiger partial charge in [-0.1, -0.05) is 0 Å². The largest absolute Gasteiger partial charge is 0.465 e. The molecule has 1 aromatic carbocycles. The maximum Gasteiger partial charge on any atom is 0.337 e. The van der Waals surface area contributed by atoms with Crippen LogP contribution in [0.25, 0.3) is 0 Å². The van der Waals surface area contributed by atoms with Gasteiger partial charge in [-0.3, -0.25) is 4.79 Å². The number of esters is 1. The van der Waals surface area contributed by atoms with Crippen molar-refractivity contribution in [2.45, 2.75) is 20.3 Å². The Morgan fingerprint density at radius 2 is 2.00 bits per heavy atom. The molecule has 0 aliphatic carbocycles. The Hall–Kier alpha value is -1.49. The number of ether oxygens (including phenoxy) is 1. The second-order valence-electron chi connectivity index (χ2n) is 5.21. The molecule has 5 heteroatoms. The lowest BCUT2D eigenvalue weighted by Gasteiger charge is -2.22. The van der Waals surface area contributed by atoms with E-state index in [9.17, 15) is 9.59 Å². The van der Waals surface area contributed by atoms with Crippen molar-refractivity contribution in [3.8, 4) is 0 Å². The zero-order valence-corrected chi connectivity index (χ0v) is 12.9.